The van der Waals surface area contributed by atoms with E-state index >= 15 is 0 Å². The lowest BCUT2D eigenvalue weighted by Gasteiger charge is -2.26. The Labute approximate surface area is 133 Å². The van der Waals surface area contributed by atoms with Crippen LogP contribution in [0.4, 0.5) is 13.2 Å². The van der Waals surface area contributed by atoms with Crippen molar-refractivity contribution in [2.24, 2.45) is 11.7 Å². The van der Waals surface area contributed by atoms with Crippen LogP contribution >= 0.6 is 12.4 Å². The number of rotatable bonds is 6. The maximum absolute atomic E-state index is 12.3. The van der Waals surface area contributed by atoms with Crippen LogP contribution in [-0.4, -0.2) is 24.7 Å². The van der Waals surface area contributed by atoms with E-state index in [0.29, 0.717) is 12.2 Å². The van der Waals surface area contributed by atoms with Gasteiger partial charge in [0.2, 0.25) is 0 Å². The van der Waals surface area contributed by atoms with Crippen LogP contribution in [0.2, 0.25) is 0 Å². The van der Waals surface area contributed by atoms with E-state index in [9.17, 15) is 18.3 Å². The summed E-state index contributed by atoms with van der Waals surface area (Å²) >= 11 is 0. The van der Waals surface area contributed by atoms with Gasteiger partial charge in [-0.05, 0) is 24.1 Å². The molecule has 0 aliphatic heterocycles. The largest absolute Gasteiger partial charge is 0.573 e. The van der Waals surface area contributed by atoms with Gasteiger partial charge in [-0.1, -0.05) is 20.3 Å². The number of alkyl halides is 3. The monoisotopic (exact) mass is 343 g/mol. The molecule has 0 saturated heterocycles. The summed E-state index contributed by atoms with van der Waals surface area (Å²) in [5.41, 5.74) is 6.23. The molecule has 1 unspecified atom stereocenters. The predicted octanol–water partition coefficient (Wildman–Crippen LogP) is 3.42. The SMILES string of the molecule is CCC(C)[C@@H](O)[C@@H](N)c1cc(OC(F)(F)F)ccc1OC.Cl. The number of hydrogen-bond acceptors (Lipinski definition) is 4. The molecule has 0 aliphatic rings. The standard InChI is InChI=1S/C14H20F3NO3.ClH/c1-4-8(2)13(19)12(18)10-7-9(21-14(15,16)17)5-6-11(10)20-3;/h5-8,12-13,19H,4,18H2,1-3H3;1H/t8?,12-,13+;/m0./s1. The molecule has 8 heteroatoms. The van der Waals surface area contributed by atoms with Crippen molar-refractivity contribution < 1.29 is 27.8 Å². The summed E-state index contributed by atoms with van der Waals surface area (Å²) in [5.74, 6) is -0.193. The summed E-state index contributed by atoms with van der Waals surface area (Å²) in [7, 11) is 1.38. The molecular weight excluding hydrogens is 323 g/mol. The first-order chi connectivity index (χ1) is 9.69. The summed E-state index contributed by atoms with van der Waals surface area (Å²) in [5, 5.41) is 10.1. The first-order valence-electron chi connectivity index (χ1n) is 6.57. The lowest BCUT2D eigenvalue weighted by molar-refractivity contribution is -0.274. The lowest BCUT2D eigenvalue weighted by Crippen LogP contribution is -2.32. The van der Waals surface area contributed by atoms with Crippen LogP contribution in [0.25, 0.3) is 0 Å². The molecule has 0 radical (unpaired) electrons. The molecule has 0 amide bonds. The average molecular weight is 344 g/mol. The number of methoxy groups -OCH3 is 1. The van der Waals surface area contributed by atoms with Gasteiger partial charge in [-0.2, -0.15) is 0 Å². The Morgan fingerprint density at radius 1 is 1.32 bits per heavy atom. The Kier molecular flexibility index (Phi) is 8.00. The van der Waals surface area contributed by atoms with Gasteiger partial charge in [0, 0.05) is 5.56 Å². The fraction of sp³-hybridized carbons (Fsp3) is 0.571. The summed E-state index contributed by atoms with van der Waals surface area (Å²) in [6.45, 7) is 3.70. The highest BCUT2D eigenvalue weighted by atomic mass is 35.5. The van der Waals surface area contributed by atoms with E-state index in [1.165, 1.54) is 13.2 Å². The minimum absolute atomic E-state index is 0. The van der Waals surface area contributed by atoms with Crippen LogP contribution in [0.15, 0.2) is 18.2 Å². The molecule has 0 saturated carbocycles. The van der Waals surface area contributed by atoms with Gasteiger partial charge in [0.1, 0.15) is 11.5 Å². The molecule has 0 heterocycles. The van der Waals surface area contributed by atoms with Crippen molar-refractivity contribution in [2.75, 3.05) is 7.11 Å². The normalized spacial score (nSPS) is 15.5. The maximum Gasteiger partial charge on any atom is 0.573 e. The predicted molar refractivity (Wildman–Crippen MR) is 79.3 cm³/mol. The Balaban J connectivity index is 0.00000441. The summed E-state index contributed by atoms with van der Waals surface area (Å²) in [6.07, 6.45) is -4.99. The Hall–Kier alpha value is -1.18. The highest BCUT2D eigenvalue weighted by Gasteiger charge is 2.32. The van der Waals surface area contributed by atoms with Crippen molar-refractivity contribution in [3.8, 4) is 11.5 Å². The summed E-state index contributed by atoms with van der Waals surface area (Å²) in [4.78, 5) is 0. The molecule has 22 heavy (non-hydrogen) atoms. The van der Waals surface area contributed by atoms with E-state index in [-0.39, 0.29) is 23.9 Å². The van der Waals surface area contributed by atoms with E-state index < -0.39 is 24.3 Å². The molecule has 0 spiro atoms. The number of aliphatic hydroxyl groups is 1. The number of ether oxygens (including phenoxy) is 2. The van der Waals surface area contributed by atoms with Crippen molar-refractivity contribution in [3.63, 3.8) is 0 Å². The molecule has 0 fully saturated rings. The average Bonchev–Trinajstić information content (AvgIpc) is 2.43. The van der Waals surface area contributed by atoms with E-state index in [1.807, 2.05) is 13.8 Å². The first kappa shape index (κ1) is 20.8. The third kappa shape index (κ3) is 5.55. The van der Waals surface area contributed by atoms with Gasteiger partial charge in [-0.3, -0.25) is 0 Å². The lowest BCUT2D eigenvalue weighted by atomic mass is 9.91. The van der Waals surface area contributed by atoms with E-state index in [0.717, 1.165) is 12.1 Å². The van der Waals surface area contributed by atoms with Crippen LogP contribution in [0.3, 0.4) is 0 Å². The fourth-order valence-electron chi connectivity index (χ4n) is 1.95. The van der Waals surface area contributed by atoms with Crippen LogP contribution in [0, 0.1) is 5.92 Å². The van der Waals surface area contributed by atoms with E-state index in [4.69, 9.17) is 10.5 Å². The maximum atomic E-state index is 12.3. The molecule has 3 N–H and O–H groups in total. The van der Waals surface area contributed by atoms with Gasteiger partial charge >= 0.3 is 6.36 Å². The molecule has 1 aromatic carbocycles. The van der Waals surface area contributed by atoms with Crippen molar-refractivity contribution in [3.05, 3.63) is 23.8 Å². The third-order valence-corrected chi connectivity index (χ3v) is 3.39. The second-order valence-corrected chi connectivity index (χ2v) is 4.85. The first-order valence-corrected chi connectivity index (χ1v) is 6.57. The molecule has 1 aromatic rings. The zero-order valence-electron chi connectivity index (χ0n) is 12.6. The summed E-state index contributed by atoms with van der Waals surface area (Å²) in [6, 6.07) is 2.74. The number of halogens is 4. The topological polar surface area (TPSA) is 64.7 Å². The Bertz CT molecular complexity index is 471. The van der Waals surface area contributed by atoms with Crippen molar-refractivity contribution >= 4 is 12.4 Å². The highest BCUT2D eigenvalue weighted by molar-refractivity contribution is 5.85. The van der Waals surface area contributed by atoms with Crippen LogP contribution in [-0.2, 0) is 0 Å². The molecule has 0 bridgehead atoms. The highest BCUT2D eigenvalue weighted by Crippen LogP contribution is 2.34. The number of nitrogens with two attached hydrogens (primary N) is 1. The fourth-order valence-corrected chi connectivity index (χ4v) is 1.95. The molecule has 1 rings (SSSR count). The molecule has 0 aliphatic carbocycles. The molecule has 128 valence electrons. The van der Waals surface area contributed by atoms with Crippen LogP contribution < -0.4 is 15.2 Å². The van der Waals surface area contributed by atoms with Gasteiger partial charge < -0.3 is 20.3 Å². The van der Waals surface area contributed by atoms with Gasteiger partial charge in [-0.25, -0.2) is 0 Å². The molecule has 4 nitrogen and oxygen atoms in total. The smallest absolute Gasteiger partial charge is 0.496 e. The number of benzene rings is 1. The van der Waals surface area contributed by atoms with Crippen molar-refractivity contribution in [1.29, 1.82) is 0 Å². The zero-order valence-corrected chi connectivity index (χ0v) is 13.4. The molecular formula is C14H21ClF3NO3. The van der Waals surface area contributed by atoms with Gasteiger partial charge in [0.15, 0.2) is 0 Å². The second kappa shape index (κ2) is 8.45. The minimum atomic E-state index is -4.79. The summed E-state index contributed by atoms with van der Waals surface area (Å²) < 4.78 is 45.7. The van der Waals surface area contributed by atoms with Gasteiger partial charge in [0.25, 0.3) is 0 Å². The zero-order chi connectivity index (χ0) is 16.2. The molecule has 3 atom stereocenters. The van der Waals surface area contributed by atoms with E-state index in [2.05, 4.69) is 4.74 Å². The van der Waals surface area contributed by atoms with Gasteiger partial charge in [0.05, 0.1) is 19.3 Å². The van der Waals surface area contributed by atoms with Crippen molar-refractivity contribution in [1.82, 2.24) is 0 Å². The van der Waals surface area contributed by atoms with Gasteiger partial charge in [-0.15, -0.1) is 25.6 Å². The Morgan fingerprint density at radius 3 is 2.36 bits per heavy atom. The van der Waals surface area contributed by atoms with E-state index in [1.54, 1.807) is 0 Å². The quantitative estimate of drug-likeness (QED) is 0.830. The number of hydrogen-bond donors (Lipinski definition) is 2. The van der Waals surface area contributed by atoms with Crippen molar-refractivity contribution in [2.45, 2.75) is 38.8 Å². The minimum Gasteiger partial charge on any atom is -0.496 e. The van der Waals surface area contributed by atoms with Crippen LogP contribution in [0.5, 0.6) is 11.5 Å². The second-order valence-electron chi connectivity index (χ2n) is 4.85. The van der Waals surface area contributed by atoms with Crippen LogP contribution in [0.1, 0.15) is 31.9 Å². The third-order valence-electron chi connectivity index (χ3n) is 3.39. The molecule has 0 aromatic heterocycles. The number of aliphatic hydroxyl groups excluding tert-OH is 1. The Morgan fingerprint density at radius 2 is 1.91 bits per heavy atom.